The minimum Gasteiger partial charge on any atom is -0.405 e. The summed E-state index contributed by atoms with van der Waals surface area (Å²) in [6.07, 6.45) is -4.71. The Labute approximate surface area is 103 Å². The zero-order chi connectivity index (χ0) is 13.6. The van der Waals surface area contributed by atoms with E-state index in [0.717, 1.165) is 0 Å². The SMILES string of the molecule is CC1(C)C(O)CC1c1ccccc1OC(F)(F)F. The Bertz CT molecular complexity index is 440. The van der Waals surface area contributed by atoms with Gasteiger partial charge in [0.2, 0.25) is 0 Å². The molecule has 0 heterocycles. The van der Waals surface area contributed by atoms with Gasteiger partial charge in [-0.25, -0.2) is 0 Å². The fourth-order valence-corrected chi connectivity index (χ4v) is 2.42. The number of rotatable bonds is 2. The number of hydrogen-bond acceptors (Lipinski definition) is 2. The number of benzene rings is 1. The number of halogens is 3. The van der Waals surface area contributed by atoms with E-state index in [4.69, 9.17) is 0 Å². The molecular formula is C13H15F3O2. The summed E-state index contributed by atoms with van der Waals surface area (Å²) in [5.41, 5.74) is 0.0792. The van der Waals surface area contributed by atoms with E-state index in [9.17, 15) is 18.3 Å². The van der Waals surface area contributed by atoms with Crippen molar-refractivity contribution in [3.05, 3.63) is 29.8 Å². The Morgan fingerprint density at radius 3 is 2.39 bits per heavy atom. The molecule has 2 nitrogen and oxygen atoms in total. The number of para-hydroxylation sites is 1. The van der Waals surface area contributed by atoms with E-state index in [1.165, 1.54) is 12.1 Å². The number of alkyl halides is 3. The van der Waals surface area contributed by atoms with Gasteiger partial charge in [0, 0.05) is 0 Å². The lowest BCUT2D eigenvalue weighted by molar-refractivity contribution is -0.275. The molecule has 0 radical (unpaired) electrons. The normalized spacial score (nSPS) is 26.6. The van der Waals surface area contributed by atoms with Gasteiger partial charge in [-0.3, -0.25) is 0 Å². The Morgan fingerprint density at radius 2 is 1.89 bits per heavy atom. The molecule has 18 heavy (non-hydrogen) atoms. The molecule has 2 atom stereocenters. The molecule has 0 aliphatic heterocycles. The van der Waals surface area contributed by atoms with E-state index in [1.54, 1.807) is 12.1 Å². The van der Waals surface area contributed by atoms with Crippen LogP contribution >= 0.6 is 0 Å². The first-order valence-electron chi connectivity index (χ1n) is 5.74. The van der Waals surface area contributed by atoms with Gasteiger partial charge in [0.25, 0.3) is 0 Å². The van der Waals surface area contributed by atoms with Crippen molar-refractivity contribution < 1.29 is 23.0 Å². The smallest absolute Gasteiger partial charge is 0.405 e. The first kappa shape index (κ1) is 13.2. The van der Waals surface area contributed by atoms with Crippen LogP contribution in [0.2, 0.25) is 0 Å². The quantitative estimate of drug-likeness (QED) is 0.882. The molecule has 0 saturated heterocycles. The van der Waals surface area contributed by atoms with Crippen molar-refractivity contribution in [3.63, 3.8) is 0 Å². The lowest BCUT2D eigenvalue weighted by atomic mass is 9.57. The first-order chi connectivity index (χ1) is 8.22. The minimum atomic E-state index is -4.69. The van der Waals surface area contributed by atoms with Crippen LogP contribution in [0.3, 0.4) is 0 Å². The molecule has 5 heteroatoms. The molecule has 1 aromatic rings. The highest BCUT2D eigenvalue weighted by Crippen LogP contribution is 2.54. The Kier molecular flexibility index (Phi) is 3.05. The van der Waals surface area contributed by atoms with Gasteiger partial charge in [-0.2, -0.15) is 0 Å². The largest absolute Gasteiger partial charge is 0.573 e. The van der Waals surface area contributed by atoms with Crippen LogP contribution in [0, 0.1) is 5.41 Å². The molecule has 1 aliphatic rings. The number of ether oxygens (including phenoxy) is 1. The summed E-state index contributed by atoms with van der Waals surface area (Å²) in [4.78, 5) is 0. The van der Waals surface area contributed by atoms with Crippen LogP contribution in [-0.2, 0) is 0 Å². The van der Waals surface area contributed by atoms with Crippen LogP contribution in [0.1, 0.15) is 31.7 Å². The number of aliphatic hydroxyl groups is 1. The molecule has 2 rings (SSSR count). The van der Waals surface area contributed by atoms with Gasteiger partial charge >= 0.3 is 6.36 Å². The molecule has 0 bridgehead atoms. The van der Waals surface area contributed by atoms with Crippen molar-refractivity contribution in [3.8, 4) is 5.75 Å². The highest BCUT2D eigenvalue weighted by molar-refractivity contribution is 5.39. The Balaban J connectivity index is 2.29. The van der Waals surface area contributed by atoms with Gasteiger partial charge in [0.05, 0.1) is 6.10 Å². The van der Waals surface area contributed by atoms with Gasteiger partial charge in [-0.1, -0.05) is 32.0 Å². The zero-order valence-corrected chi connectivity index (χ0v) is 10.2. The third-order valence-electron chi connectivity index (χ3n) is 3.74. The van der Waals surface area contributed by atoms with Crippen LogP contribution in [0.15, 0.2) is 24.3 Å². The van der Waals surface area contributed by atoms with Crippen LogP contribution in [0.25, 0.3) is 0 Å². The zero-order valence-electron chi connectivity index (χ0n) is 10.2. The maximum atomic E-state index is 12.3. The molecule has 0 spiro atoms. The van der Waals surface area contributed by atoms with Gasteiger partial charge in [-0.05, 0) is 29.4 Å². The number of hydrogen-bond donors (Lipinski definition) is 1. The molecule has 1 N–H and O–H groups in total. The lowest BCUT2D eigenvalue weighted by Crippen LogP contribution is -2.47. The van der Waals surface area contributed by atoms with E-state index in [1.807, 2.05) is 13.8 Å². The van der Waals surface area contributed by atoms with Crippen molar-refractivity contribution in [1.29, 1.82) is 0 Å². The summed E-state index contributed by atoms with van der Waals surface area (Å²) >= 11 is 0. The van der Waals surface area contributed by atoms with E-state index in [-0.39, 0.29) is 11.7 Å². The molecule has 2 unspecified atom stereocenters. The molecule has 100 valence electrons. The second-order valence-electron chi connectivity index (χ2n) is 5.21. The monoisotopic (exact) mass is 260 g/mol. The van der Waals surface area contributed by atoms with E-state index in [2.05, 4.69) is 4.74 Å². The van der Waals surface area contributed by atoms with Crippen LogP contribution < -0.4 is 4.74 Å². The molecule has 1 saturated carbocycles. The van der Waals surface area contributed by atoms with Gasteiger partial charge in [0.15, 0.2) is 0 Å². The summed E-state index contributed by atoms with van der Waals surface area (Å²) in [5, 5.41) is 9.67. The highest BCUT2D eigenvalue weighted by Gasteiger charge is 2.49. The first-order valence-corrected chi connectivity index (χ1v) is 5.74. The van der Waals surface area contributed by atoms with E-state index >= 15 is 0 Å². The molecule has 1 fully saturated rings. The second kappa shape index (κ2) is 4.16. The maximum absolute atomic E-state index is 12.3. The maximum Gasteiger partial charge on any atom is 0.573 e. The molecule has 1 aliphatic carbocycles. The lowest BCUT2D eigenvalue weighted by Gasteiger charge is -2.49. The topological polar surface area (TPSA) is 29.5 Å². The van der Waals surface area contributed by atoms with Gasteiger partial charge in [-0.15, -0.1) is 13.2 Å². The predicted octanol–water partition coefficient (Wildman–Crippen LogP) is 3.46. The number of aliphatic hydroxyl groups excluding tert-OH is 1. The van der Waals surface area contributed by atoms with Crippen molar-refractivity contribution in [1.82, 2.24) is 0 Å². The van der Waals surface area contributed by atoms with Crippen molar-refractivity contribution in [2.24, 2.45) is 5.41 Å². The molecule has 1 aromatic carbocycles. The summed E-state index contributed by atoms with van der Waals surface area (Å²) in [7, 11) is 0. The molecule has 0 aromatic heterocycles. The van der Waals surface area contributed by atoms with Crippen LogP contribution in [0.4, 0.5) is 13.2 Å². The van der Waals surface area contributed by atoms with Crippen molar-refractivity contribution >= 4 is 0 Å². The van der Waals surface area contributed by atoms with Gasteiger partial charge in [0.1, 0.15) is 5.75 Å². The highest BCUT2D eigenvalue weighted by atomic mass is 19.4. The minimum absolute atomic E-state index is 0.119. The van der Waals surface area contributed by atoms with Crippen LogP contribution in [0.5, 0.6) is 5.75 Å². The predicted molar refractivity (Wildman–Crippen MR) is 60.3 cm³/mol. The van der Waals surface area contributed by atoms with Crippen molar-refractivity contribution in [2.75, 3.05) is 0 Å². The summed E-state index contributed by atoms with van der Waals surface area (Å²) in [6, 6.07) is 6.12. The van der Waals surface area contributed by atoms with Gasteiger partial charge < -0.3 is 9.84 Å². The van der Waals surface area contributed by atoms with E-state index < -0.39 is 17.9 Å². The summed E-state index contributed by atoms with van der Waals surface area (Å²) in [6.45, 7) is 3.69. The molecular weight excluding hydrogens is 245 g/mol. The summed E-state index contributed by atoms with van der Waals surface area (Å²) in [5.74, 6) is -0.291. The third kappa shape index (κ3) is 2.32. The fourth-order valence-electron chi connectivity index (χ4n) is 2.42. The Morgan fingerprint density at radius 1 is 1.28 bits per heavy atom. The van der Waals surface area contributed by atoms with E-state index in [0.29, 0.717) is 12.0 Å². The molecule has 0 amide bonds. The summed E-state index contributed by atoms with van der Waals surface area (Å²) < 4.78 is 40.9. The Hall–Kier alpha value is -1.23. The van der Waals surface area contributed by atoms with Crippen LogP contribution in [-0.4, -0.2) is 17.6 Å². The average Bonchev–Trinajstić information content (AvgIpc) is 2.25. The third-order valence-corrected chi connectivity index (χ3v) is 3.74. The second-order valence-corrected chi connectivity index (χ2v) is 5.21. The standard InChI is InChI=1S/C13H15F3O2/c1-12(2)9(7-11(12)17)8-5-3-4-6-10(8)18-13(14,15)16/h3-6,9,11,17H,7H2,1-2H3. The average molecular weight is 260 g/mol. The fraction of sp³-hybridized carbons (Fsp3) is 0.538. The van der Waals surface area contributed by atoms with Crippen molar-refractivity contribution in [2.45, 2.75) is 38.7 Å².